The van der Waals surface area contributed by atoms with E-state index in [-0.39, 0.29) is 12.5 Å². The number of hydrogen-bond donors (Lipinski definition) is 1. The van der Waals surface area contributed by atoms with E-state index in [0.717, 1.165) is 9.32 Å². The molecule has 0 bridgehead atoms. The highest BCUT2D eigenvalue weighted by atomic mass is 127. The van der Waals surface area contributed by atoms with Crippen molar-refractivity contribution in [2.45, 2.75) is 6.92 Å². The molecule has 0 saturated carbocycles. The summed E-state index contributed by atoms with van der Waals surface area (Å²) < 4.78 is 5.94. The molecule has 0 saturated heterocycles. The van der Waals surface area contributed by atoms with Crippen molar-refractivity contribution in [2.24, 2.45) is 0 Å². The highest BCUT2D eigenvalue weighted by molar-refractivity contribution is 14.1. The third-order valence-corrected chi connectivity index (χ3v) is 3.34. The van der Waals surface area contributed by atoms with Gasteiger partial charge in [0.2, 0.25) is 0 Å². The number of carbonyl (C=O) groups is 1. The number of halogens is 1. The maximum absolute atomic E-state index is 12.2. The van der Waals surface area contributed by atoms with Gasteiger partial charge in [0.25, 0.3) is 5.91 Å². The summed E-state index contributed by atoms with van der Waals surface area (Å²) in [5.74, 6) is 0.671. The fourth-order valence-electron chi connectivity index (χ4n) is 1.49. The summed E-state index contributed by atoms with van der Waals surface area (Å²) in [4.78, 5) is 13.8. The zero-order valence-electron chi connectivity index (χ0n) is 9.94. The Morgan fingerprint density at radius 2 is 2.24 bits per heavy atom. The molecule has 1 aromatic rings. The number of benzene rings is 1. The molecule has 0 aliphatic heterocycles. The maximum Gasteiger partial charge on any atom is 0.255 e. The summed E-state index contributed by atoms with van der Waals surface area (Å²) in [6.07, 6.45) is 0. The Kier molecular flexibility index (Phi) is 5.70. The van der Waals surface area contributed by atoms with Crippen LogP contribution < -0.4 is 4.74 Å². The van der Waals surface area contributed by atoms with Crippen LogP contribution in [-0.2, 0) is 0 Å². The van der Waals surface area contributed by atoms with Gasteiger partial charge in [0.1, 0.15) is 5.75 Å². The Labute approximate surface area is 115 Å². The van der Waals surface area contributed by atoms with Gasteiger partial charge < -0.3 is 14.7 Å². The first-order valence-corrected chi connectivity index (χ1v) is 6.45. The second kappa shape index (κ2) is 6.80. The van der Waals surface area contributed by atoms with E-state index < -0.39 is 0 Å². The van der Waals surface area contributed by atoms with Crippen molar-refractivity contribution in [1.29, 1.82) is 0 Å². The SMILES string of the molecule is CCN(CCO)C(=O)c1ccc(OC)cc1I. The second-order valence-electron chi connectivity index (χ2n) is 3.45. The minimum atomic E-state index is -0.0615. The van der Waals surface area contributed by atoms with E-state index in [9.17, 15) is 4.79 Å². The number of carbonyl (C=O) groups excluding carboxylic acids is 1. The molecule has 1 amide bonds. The Bertz CT molecular complexity index is 395. The molecule has 1 rings (SSSR count). The van der Waals surface area contributed by atoms with Crippen LogP contribution in [0.1, 0.15) is 17.3 Å². The van der Waals surface area contributed by atoms with Crippen LogP contribution in [0.4, 0.5) is 0 Å². The lowest BCUT2D eigenvalue weighted by Crippen LogP contribution is -2.33. The minimum absolute atomic E-state index is 0.0215. The molecular formula is C12H16INO3. The van der Waals surface area contributed by atoms with E-state index >= 15 is 0 Å². The number of aliphatic hydroxyl groups excluding tert-OH is 1. The molecule has 94 valence electrons. The van der Waals surface area contributed by atoms with Crippen molar-refractivity contribution in [3.63, 3.8) is 0 Å². The number of ether oxygens (including phenoxy) is 1. The number of nitrogens with zero attached hydrogens (tertiary/aromatic N) is 1. The lowest BCUT2D eigenvalue weighted by molar-refractivity contribution is 0.0731. The molecule has 1 N–H and O–H groups in total. The first-order chi connectivity index (χ1) is 8.13. The van der Waals surface area contributed by atoms with Crippen LogP contribution >= 0.6 is 22.6 Å². The molecule has 0 atom stereocenters. The number of aliphatic hydroxyl groups is 1. The van der Waals surface area contributed by atoms with Crippen LogP contribution in [0.5, 0.6) is 5.75 Å². The third kappa shape index (κ3) is 3.57. The molecule has 0 aliphatic rings. The highest BCUT2D eigenvalue weighted by Crippen LogP contribution is 2.20. The number of amides is 1. The zero-order valence-corrected chi connectivity index (χ0v) is 12.1. The summed E-state index contributed by atoms with van der Waals surface area (Å²) in [5.41, 5.74) is 0.640. The molecule has 0 spiro atoms. The quantitative estimate of drug-likeness (QED) is 0.825. The van der Waals surface area contributed by atoms with Crippen LogP contribution in [0.25, 0.3) is 0 Å². The summed E-state index contributed by atoms with van der Waals surface area (Å²) >= 11 is 2.11. The van der Waals surface area contributed by atoms with Gasteiger partial charge in [-0.05, 0) is 47.7 Å². The molecule has 17 heavy (non-hydrogen) atoms. The average molecular weight is 349 g/mol. The number of methoxy groups -OCH3 is 1. The first-order valence-electron chi connectivity index (χ1n) is 5.37. The van der Waals surface area contributed by atoms with Gasteiger partial charge in [0.15, 0.2) is 0 Å². The van der Waals surface area contributed by atoms with Crippen molar-refractivity contribution in [3.05, 3.63) is 27.3 Å². The molecule has 0 fully saturated rings. The van der Waals surface area contributed by atoms with Gasteiger partial charge in [0.05, 0.1) is 19.3 Å². The highest BCUT2D eigenvalue weighted by Gasteiger charge is 2.16. The Morgan fingerprint density at radius 3 is 2.71 bits per heavy atom. The molecule has 0 radical (unpaired) electrons. The Hall–Kier alpha value is -0.820. The molecule has 1 aromatic carbocycles. The molecule has 4 nitrogen and oxygen atoms in total. The second-order valence-corrected chi connectivity index (χ2v) is 4.62. The summed E-state index contributed by atoms with van der Waals surface area (Å²) in [5, 5.41) is 8.90. The summed E-state index contributed by atoms with van der Waals surface area (Å²) in [6, 6.07) is 5.34. The molecule has 0 aromatic heterocycles. The molecule has 5 heteroatoms. The summed E-state index contributed by atoms with van der Waals surface area (Å²) in [6.45, 7) is 2.81. The molecule has 0 unspecified atom stereocenters. The minimum Gasteiger partial charge on any atom is -0.497 e. The molecule has 0 heterocycles. The fourth-order valence-corrected chi connectivity index (χ4v) is 2.21. The topological polar surface area (TPSA) is 49.8 Å². The van der Waals surface area contributed by atoms with Crippen molar-refractivity contribution in [1.82, 2.24) is 4.90 Å². The predicted molar refractivity (Wildman–Crippen MR) is 74.4 cm³/mol. The van der Waals surface area contributed by atoms with E-state index in [1.165, 1.54) is 0 Å². The monoisotopic (exact) mass is 349 g/mol. The zero-order chi connectivity index (χ0) is 12.8. The lowest BCUT2D eigenvalue weighted by atomic mass is 10.2. The largest absolute Gasteiger partial charge is 0.497 e. The molecular weight excluding hydrogens is 333 g/mol. The number of hydrogen-bond acceptors (Lipinski definition) is 3. The van der Waals surface area contributed by atoms with Crippen LogP contribution in [0.15, 0.2) is 18.2 Å². The smallest absolute Gasteiger partial charge is 0.255 e. The predicted octanol–water partition coefficient (Wildman–Crippen LogP) is 1.75. The van der Waals surface area contributed by atoms with Crippen LogP contribution in [-0.4, -0.2) is 42.7 Å². The van der Waals surface area contributed by atoms with Gasteiger partial charge in [-0.1, -0.05) is 0 Å². The van der Waals surface area contributed by atoms with Crippen LogP contribution in [0.3, 0.4) is 0 Å². The van der Waals surface area contributed by atoms with E-state index in [1.807, 2.05) is 13.0 Å². The Balaban J connectivity index is 2.95. The first kappa shape index (κ1) is 14.2. The Morgan fingerprint density at radius 1 is 1.53 bits per heavy atom. The van der Waals surface area contributed by atoms with Crippen LogP contribution in [0.2, 0.25) is 0 Å². The van der Waals surface area contributed by atoms with E-state index in [4.69, 9.17) is 9.84 Å². The molecule has 0 aliphatic carbocycles. The van der Waals surface area contributed by atoms with Gasteiger partial charge in [-0.25, -0.2) is 0 Å². The van der Waals surface area contributed by atoms with Gasteiger partial charge >= 0.3 is 0 Å². The maximum atomic E-state index is 12.2. The van der Waals surface area contributed by atoms with Crippen molar-refractivity contribution < 1.29 is 14.6 Å². The fraction of sp³-hybridized carbons (Fsp3) is 0.417. The average Bonchev–Trinajstić information content (AvgIpc) is 2.35. The number of likely N-dealkylation sites (N-methyl/N-ethyl adjacent to an activating group) is 1. The van der Waals surface area contributed by atoms with Crippen molar-refractivity contribution in [3.8, 4) is 5.75 Å². The number of rotatable bonds is 5. The van der Waals surface area contributed by atoms with E-state index in [2.05, 4.69) is 22.6 Å². The van der Waals surface area contributed by atoms with Gasteiger partial charge in [0, 0.05) is 16.7 Å². The van der Waals surface area contributed by atoms with Gasteiger partial charge in [-0.3, -0.25) is 4.79 Å². The van der Waals surface area contributed by atoms with Gasteiger partial charge in [-0.2, -0.15) is 0 Å². The van der Waals surface area contributed by atoms with Crippen molar-refractivity contribution >= 4 is 28.5 Å². The van der Waals surface area contributed by atoms with Crippen LogP contribution in [0, 0.1) is 3.57 Å². The standard InChI is InChI=1S/C12H16INO3/c1-3-14(6-7-15)12(16)10-5-4-9(17-2)8-11(10)13/h4-5,8,15H,3,6-7H2,1-2H3. The third-order valence-electron chi connectivity index (χ3n) is 2.45. The lowest BCUT2D eigenvalue weighted by Gasteiger charge is -2.20. The normalized spacial score (nSPS) is 10.1. The van der Waals surface area contributed by atoms with Gasteiger partial charge in [-0.15, -0.1) is 0 Å². The van der Waals surface area contributed by atoms with Crippen molar-refractivity contribution in [2.75, 3.05) is 26.8 Å². The summed E-state index contributed by atoms with van der Waals surface area (Å²) in [7, 11) is 1.59. The van der Waals surface area contributed by atoms with E-state index in [0.29, 0.717) is 18.7 Å². The van der Waals surface area contributed by atoms with E-state index in [1.54, 1.807) is 24.1 Å².